The van der Waals surface area contributed by atoms with Crippen LogP contribution in [0.4, 0.5) is 4.79 Å². The molecule has 2 amide bonds. The largest absolute Gasteiger partial charge is 0.497 e. The van der Waals surface area contributed by atoms with Crippen molar-refractivity contribution >= 4 is 23.6 Å². The molecule has 0 aliphatic carbocycles. The number of amides is 2. The summed E-state index contributed by atoms with van der Waals surface area (Å²) in [5.74, 6) is 1.43. The van der Waals surface area contributed by atoms with Crippen LogP contribution in [0.5, 0.6) is 17.2 Å². The minimum absolute atomic E-state index is 0.119. The Balaban J connectivity index is 1.51. The number of methoxy groups -OCH3 is 1. The molecule has 8 nitrogen and oxygen atoms in total. The minimum Gasteiger partial charge on any atom is -0.497 e. The van der Waals surface area contributed by atoms with Gasteiger partial charge in [-0.15, -0.1) is 0 Å². The fraction of sp³-hybridized carbons (Fsp3) is 0.259. The van der Waals surface area contributed by atoms with E-state index >= 15 is 0 Å². The molecule has 0 fully saturated rings. The second-order valence-electron chi connectivity index (χ2n) is 7.95. The molecule has 4 N–H and O–H groups in total. The van der Waals surface area contributed by atoms with Crippen LogP contribution in [-0.2, 0) is 22.7 Å². The molecule has 0 unspecified atom stereocenters. The van der Waals surface area contributed by atoms with Crippen molar-refractivity contribution in [1.82, 2.24) is 10.6 Å². The van der Waals surface area contributed by atoms with Gasteiger partial charge >= 0.3 is 6.09 Å². The zero-order chi connectivity index (χ0) is 25.8. The maximum atomic E-state index is 12.8. The number of benzene rings is 3. The Kier molecular flexibility index (Phi) is 10.4. The first-order valence-electron chi connectivity index (χ1n) is 11.5. The molecular formula is C27H30ClN3O5. The van der Waals surface area contributed by atoms with Crippen molar-refractivity contribution in [2.45, 2.75) is 32.0 Å². The summed E-state index contributed by atoms with van der Waals surface area (Å²) in [5, 5.41) is 5.92. The van der Waals surface area contributed by atoms with Crippen molar-refractivity contribution in [2.75, 3.05) is 13.7 Å². The third-order valence-corrected chi connectivity index (χ3v) is 5.57. The van der Waals surface area contributed by atoms with Gasteiger partial charge < -0.3 is 30.6 Å². The summed E-state index contributed by atoms with van der Waals surface area (Å²) in [6.45, 7) is 0.806. The maximum Gasteiger partial charge on any atom is 0.408 e. The quantitative estimate of drug-likeness (QED) is 0.322. The highest BCUT2D eigenvalue weighted by Gasteiger charge is 2.21. The van der Waals surface area contributed by atoms with Crippen LogP contribution < -0.4 is 25.8 Å². The number of rotatable bonds is 12. The van der Waals surface area contributed by atoms with Gasteiger partial charge in [0.1, 0.15) is 29.9 Å². The van der Waals surface area contributed by atoms with Gasteiger partial charge in [0.05, 0.1) is 12.1 Å². The Morgan fingerprint density at radius 2 is 1.69 bits per heavy atom. The van der Waals surface area contributed by atoms with Crippen molar-refractivity contribution in [3.63, 3.8) is 0 Å². The summed E-state index contributed by atoms with van der Waals surface area (Å²) in [5.41, 5.74) is 7.32. The molecule has 0 spiro atoms. The Hall–Kier alpha value is -3.75. The zero-order valence-electron chi connectivity index (χ0n) is 20.0. The van der Waals surface area contributed by atoms with Gasteiger partial charge in [-0.25, -0.2) is 4.79 Å². The highest BCUT2D eigenvalue weighted by atomic mass is 35.5. The van der Waals surface area contributed by atoms with E-state index < -0.39 is 12.1 Å². The first-order chi connectivity index (χ1) is 17.5. The van der Waals surface area contributed by atoms with Crippen molar-refractivity contribution in [2.24, 2.45) is 5.73 Å². The third kappa shape index (κ3) is 8.48. The van der Waals surface area contributed by atoms with Crippen LogP contribution in [0.25, 0.3) is 0 Å². The summed E-state index contributed by atoms with van der Waals surface area (Å²) < 4.78 is 16.2. The predicted molar refractivity (Wildman–Crippen MR) is 138 cm³/mol. The molecule has 3 aromatic rings. The van der Waals surface area contributed by atoms with Gasteiger partial charge in [-0.2, -0.15) is 0 Å². The number of carbonyl (C=O) groups is 2. The lowest BCUT2D eigenvalue weighted by Crippen LogP contribution is -2.46. The van der Waals surface area contributed by atoms with Gasteiger partial charge in [-0.1, -0.05) is 54.1 Å². The second-order valence-corrected chi connectivity index (χ2v) is 8.36. The Morgan fingerprint density at radius 1 is 0.972 bits per heavy atom. The molecule has 0 saturated heterocycles. The highest BCUT2D eigenvalue weighted by Crippen LogP contribution is 2.32. The van der Waals surface area contributed by atoms with E-state index in [9.17, 15) is 9.59 Å². The molecule has 0 radical (unpaired) electrons. The number of halogens is 1. The molecule has 3 aromatic carbocycles. The van der Waals surface area contributed by atoms with E-state index in [1.165, 1.54) is 0 Å². The van der Waals surface area contributed by atoms with Crippen LogP contribution in [0.2, 0.25) is 5.02 Å². The molecule has 1 atom stereocenters. The number of nitrogens with two attached hydrogens (primary N) is 1. The lowest BCUT2D eigenvalue weighted by Gasteiger charge is -2.18. The van der Waals surface area contributed by atoms with E-state index in [-0.39, 0.29) is 19.1 Å². The van der Waals surface area contributed by atoms with Gasteiger partial charge in [0, 0.05) is 12.6 Å². The van der Waals surface area contributed by atoms with Gasteiger partial charge in [0.2, 0.25) is 5.91 Å². The minimum atomic E-state index is -0.753. The summed E-state index contributed by atoms with van der Waals surface area (Å²) in [4.78, 5) is 25.0. The van der Waals surface area contributed by atoms with Crippen LogP contribution in [-0.4, -0.2) is 31.7 Å². The lowest BCUT2D eigenvalue weighted by atomic mass is 10.1. The molecule has 190 valence electrons. The first kappa shape index (κ1) is 26.8. The molecule has 3 rings (SSSR count). The Bertz CT molecular complexity index is 1130. The van der Waals surface area contributed by atoms with Gasteiger partial charge in [-0.05, 0) is 54.8 Å². The van der Waals surface area contributed by atoms with E-state index in [2.05, 4.69) is 10.6 Å². The first-order valence-corrected chi connectivity index (χ1v) is 11.9. The normalized spacial score (nSPS) is 11.3. The fourth-order valence-electron chi connectivity index (χ4n) is 3.30. The van der Waals surface area contributed by atoms with Crippen LogP contribution in [0.1, 0.15) is 24.0 Å². The van der Waals surface area contributed by atoms with Gasteiger partial charge in [0.25, 0.3) is 0 Å². The van der Waals surface area contributed by atoms with Gasteiger partial charge in [-0.3, -0.25) is 4.79 Å². The van der Waals surface area contributed by atoms with Crippen molar-refractivity contribution < 1.29 is 23.8 Å². The molecular weight excluding hydrogens is 482 g/mol. The zero-order valence-corrected chi connectivity index (χ0v) is 20.8. The maximum absolute atomic E-state index is 12.8. The van der Waals surface area contributed by atoms with E-state index in [0.29, 0.717) is 41.7 Å². The molecule has 0 aromatic heterocycles. The molecule has 0 aliphatic heterocycles. The number of hydrogen-bond donors (Lipinski definition) is 3. The number of carbonyl (C=O) groups excluding carboxylic acids is 2. The van der Waals surface area contributed by atoms with E-state index in [1.807, 2.05) is 42.5 Å². The molecule has 0 heterocycles. The van der Waals surface area contributed by atoms with E-state index in [1.54, 1.807) is 37.4 Å². The average molecular weight is 512 g/mol. The highest BCUT2D eigenvalue weighted by molar-refractivity contribution is 6.32. The van der Waals surface area contributed by atoms with Crippen LogP contribution >= 0.6 is 11.6 Å². The van der Waals surface area contributed by atoms with Crippen LogP contribution in [0, 0.1) is 0 Å². The van der Waals surface area contributed by atoms with Crippen molar-refractivity contribution in [3.05, 3.63) is 88.9 Å². The standard InChI is InChI=1S/C27H30ClN3O5/c1-34-22-13-14-25(23(28)16-22)36-21-11-9-19(10-12-21)17-30-26(32)24(8-5-15-29)31-27(33)35-18-20-6-3-2-4-7-20/h2-4,6-7,9-14,16,24H,5,8,15,17-18,29H2,1H3,(H,30,32)(H,31,33)/t24-/m1/s1. The SMILES string of the molecule is COc1ccc(Oc2ccc(CNC(=O)[C@@H](CCCN)NC(=O)OCc3ccccc3)cc2)c(Cl)c1. The lowest BCUT2D eigenvalue weighted by molar-refractivity contribution is -0.123. The molecule has 0 bridgehead atoms. The molecule has 0 aliphatic rings. The predicted octanol–water partition coefficient (Wildman–Crippen LogP) is 4.79. The number of alkyl carbamates (subject to hydrolysis) is 1. The molecule has 0 saturated carbocycles. The van der Waals surface area contributed by atoms with Crippen LogP contribution in [0.3, 0.4) is 0 Å². The average Bonchev–Trinajstić information content (AvgIpc) is 2.91. The summed E-state index contributed by atoms with van der Waals surface area (Å²) in [6, 6.07) is 21.0. The third-order valence-electron chi connectivity index (χ3n) is 5.28. The Morgan fingerprint density at radius 3 is 2.36 bits per heavy atom. The monoisotopic (exact) mass is 511 g/mol. The number of ether oxygens (including phenoxy) is 3. The number of hydrogen-bond acceptors (Lipinski definition) is 6. The second kappa shape index (κ2) is 14.0. The molecule has 36 heavy (non-hydrogen) atoms. The fourth-order valence-corrected chi connectivity index (χ4v) is 3.51. The van der Waals surface area contributed by atoms with Crippen molar-refractivity contribution in [3.8, 4) is 17.2 Å². The Labute approximate surface area is 215 Å². The van der Waals surface area contributed by atoms with Gasteiger partial charge in [0.15, 0.2) is 0 Å². The topological polar surface area (TPSA) is 112 Å². The smallest absolute Gasteiger partial charge is 0.408 e. The molecule has 9 heteroatoms. The van der Waals surface area contributed by atoms with E-state index in [4.69, 9.17) is 31.5 Å². The van der Waals surface area contributed by atoms with Crippen molar-refractivity contribution in [1.29, 1.82) is 0 Å². The summed E-state index contributed by atoms with van der Waals surface area (Å²) in [6.07, 6.45) is 0.324. The van der Waals surface area contributed by atoms with E-state index in [0.717, 1.165) is 11.1 Å². The summed E-state index contributed by atoms with van der Waals surface area (Å²) in [7, 11) is 1.57. The van der Waals surface area contributed by atoms with Crippen LogP contribution in [0.15, 0.2) is 72.8 Å². The number of nitrogens with one attached hydrogen (secondary N) is 2. The summed E-state index contributed by atoms with van der Waals surface area (Å²) >= 11 is 6.23.